The van der Waals surface area contributed by atoms with Crippen LogP contribution in [0.15, 0.2) is 0 Å². The highest BCUT2D eigenvalue weighted by Gasteiger charge is 2.62. The van der Waals surface area contributed by atoms with Gasteiger partial charge in [0.05, 0.1) is 12.2 Å². The molecule has 2 N–H and O–H groups in total. The molecular formula is C19H32O2. The second-order valence-corrected chi connectivity index (χ2v) is 9.19. The van der Waals surface area contributed by atoms with E-state index in [9.17, 15) is 10.2 Å². The molecule has 4 saturated carbocycles. The van der Waals surface area contributed by atoms with E-state index in [0.717, 1.165) is 18.8 Å². The average Bonchev–Trinajstić information content (AvgIpc) is 2.73. The first-order chi connectivity index (χ1) is 9.97. The third kappa shape index (κ3) is 1.84. The second kappa shape index (κ2) is 4.71. The molecule has 0 spiro atoms. The molecule has 2 heteroatoms. The summed E-state index contributed by atoms with van der Waals surface area (Å²) in [4.78, 5) is 0. The van der Waals surface area contributed by atoms with Crippen LogP contribution < -0.4 is 0 Å². The molecule has 4 aliphatic rings. The van der Waals surface area contributed by atoms with Crippen molar-refractivity contribution in [3.8, 4) is 0 Å². The van der Waals surface area contributed by atoms with Gasteiger partial charge in [0.1, 0.15) is 0 Å². The minimum absolute atomic E-state index is 0.0154. The van der Waals surface area contributed by atoms with Crippen molar-refractivity contribution in [1.82, 2.24) is 0 Å². The van der Waals surface area contributed by atoms with Gasteiger partial charge in [-0.2, -0.15) is 0 Å². The zero-order valence-corrected chi connectivity index (χ0v) is 13.7. The predicted octanol–water partition coefficient (Wildman–Crippen LogP) is 3.75. The molecule has 0 amide bonds. The van der Waals surface area contributed by atoms with E-state index in [4.69, 9.17) is 0 Å². The highest BCUT2D eigenvalue weighted by molar-refractivity contribution is 5.11. The van der Waals surface area contributed by atoms with Crippen LogP contribution in [0, 0.1) is 34.5 Å². The monoisotopic (exact) mass is 292 g/mol. The molecular weight excluding hydrogens is 260 g/mol. The van der Waals surface area contributed by atoms with Crippen molar-refractivity contribution >= 4 is 0 Å². The maximum Gasteiger partial charge on any atom is 0.0597 e. The van der Waals surface area contributed by atoms with Crippen LogP contribution in [0.4, 0.5) is 0 Å². The normalized spacial score (nSPS) is 60.0. The quantitative estimate of drug-likeness (QED) is 0.714. The van der Waals surface area contributed by atoms with E-state index in [2.05, 4.69) is 13.8 Å². The fourth-order valence-electron chi connectivity index (χ4n) is 7.39. The number of rotatable bonds is 0. The molecule has 21 heavy (non-hydrogen) atoms. The standard InChI is InChI=1S/C19H32O2/c1-18-10-4-3-5-12(18)6-7-13-14-8-9-16(21)19(14,2)11-15(20)17(13)18/h12-17,20-21H,3-11H2,1-2H3. The Hall–Kier alpha value is -0.0800. The summed E-state index contributed by atoms with van der Waals surface area (Å²) < 4.78 is 0. The van der Waals surface area contributed by atoms with Gasteiger partial charge in [-0.1, -0.05) is 26.7 Å². The van der Waals surface area contributed by atoms with E-state index in [1.807, 2.05) is 0 Å². The summed E-state index contributed by atoms with van der Waals surface area (Å²) >= 11 is 0. The summed E-state index contributed by atoms with van der Waals surface area (Å²) in [7, 11) is 0. The van der Waals surface area contributed by atoms with Crippen LogP contribution in [0.1, 0.15) is 71.6 Å². The fourth-order valence-corrected chi connectivity index (χ4v) is 7.39. The first kappa shape index (κ1) is 14.5. The van der Waals surface area contributed by atoms with Crippen molar-refractivity contribution in [2.75, 3.05) is 0 Å². The lowest BCUT2D eigenvalue weighted by molar-refractivity contribution is -0.175. The van der Waals surface area contributed by atoms with Crippen molar-refractivity contribution in [2.24, 2.45) is 34.5 Å². The number of aliphatic hydroxyl groups excluding tert-OH is 2. The third-order valence-corrected chi connectivity index (χ3v) is 8.46. The first-order valence-corrected chi connectivity index (χ1v) is 9.33. The minimum atomic E-state index is -0.185. The number of fused-ring (bicyclic) bond motifs is 5. The van der Waals surface area contributed by atoms with Crippen LogP contribution >= 0.6 is 0 Å². The molecule has 8 atom stereocenters. The van der Waals surface area contributed by atoms with Crippen LogP contribution in [0.5, 0.6) is 0 Å². The van der Waals surface area contributed by atoms with Crippen molar-refractivity contribution in [1.29, 1.82) is 0 Å². The number of hydrogen-bond acceptors (Lipinski definition) is 2. The van der Waals surface area contributed by atoms with Crippen molar-refractivity contribution in [2.45, 2.75) is 83.8 Å². The molecule has 4 aliphatic carbocycles. The molecule has 0 aromatic rings. The van der Waals surface area contributed by atoms with E-state index in [0.29, 0.717) is 23.2 Å². The van der Waals surface area contributed by atoms with E-state index in [1.54, 1.807) is 0 Å². The van der Waals surface area contributed by atoms with Gasteiger partial charge in [0.25, 0.3) is 0 Å². The van der Waals surface area contributed by atoms with Gasteiger partial charge < -0.3 is 10.2 Å². The van der Waals surface area contributed by atoms with E-state index in [1.165, 1.54) is 44.9 Å². The minimum Gasteiger partial charge on any atom is -0.393 e. The lowest BCUT2D eigenvalue weighted by Gasteiger charge is -2.61. The van der Waals surface area contributed by atoms with Crippen molar-refractivity contribution in [3.63, 3.8) is 0 Å². The van der Waals surface area contributed by atoms with Crippen LogP contribution in [-0.2, 0) is 0 Å². The Labute approximate surface area is 129 Å². The van der Waals surface area contributed by atoms with Gasteiger partial charge in [-0.3, -0.25) is 0 Å². The molecule has 120 valence electrons. The topological polar surface area (TPSA) is 40.5 Å². The van der Waals surface area contributed by atoms with Gasteiger partial charge in [0, 0.05) is 0 Å². The van der Waals surface area contributed by atoms with Gasteiger partial charge in [-0.05, 0) is 79.4 Å². The molecule has 4 rings (SSSR count). The molecule has 0 bridgehead atoms. The Kier molecular flexibility index (Phi) is 3.25. The van der Waals surface area contributed by atoms with Gasteiger partial charge in [-0.25, -0.2) is 0 Å². The summed E-state index contributed by atoms with van der Waals surface area (Å²) in [6.07, 6.45) is 10.7. The Morgan fingerprint density at radius 3 is 2.48 bits per heavy atom. The predicted molar refractivity (Wildman–Crippen MR) is 83.7 cm³/mol. The summed E-state index contributed by atoms with van der Waals surface area (Å²) in [5.41, 5.74) is 0.355. The molecule has 0 saturated heterocycles. The molecule has 0 aromatic heterocycles. The Morgan fingerprint density at radius 2 is 1.67 bits per heavy atom. The fraction of sp³-hybridized carbons (Fsp3) is 1.00. The van der Waals surface area contributed by atoms with Crippen LogP contribution in [-0.4, -0.2) is 22.4 Å². The molecule has 0 heterocycles. The van der Waals surface area contributed by atoms with Crippen LogP contribution in [0.3, 0.4) is 0 Å². The summed E-state index contributed by atoms with van der Waals surface area (Å²) in [6.45, 7) is 4.75. The van der Waals surface area contributed by atoms with Crippen molar-refractivity contribution < 1.29 is 10.2 Å². The van der Waals surface area contributed by atoms with Gasteiger partial charge >= 0.3 is 0 Å². The third-order valence-electron chi connectivity index (χ3n) is 8.46. The zero-order chi connectivity index (χ0) is 14.8. The summed E-state index contributed by atoms with van der Waals surface area (Å²) in [5, 5.41) is 21.5. The van der Waals surface area contributed by atoms with Crippen LogP contribution in [0.2, 0.25) is 0 Å². The summed E-state index contributed by atoms with van der Waals surface area (Å²) in [5.74, 6) is 2.66. The molecule has 0 radical (unpaired) electrons. The molecule has 4 fully saturated rings. The maximum atomic E-state index is 11.0. The van der Waals surface area contributed by atoms with Gasteiger partial charge in [0.2, 0.25) is 0 Å². The number of hydrogen-bond donors (Lipinski definition) is 2. The lowest BCUT2D eigenvalue weighted by Crippen LogP contribution is -2.58. The largest absolute Gasteiger partial charge is 0.393 e. The Bertz CT molecular complexity index is 422. The van der Waals surface area contributed by atoms with Crippen LogP contribution in [0.25, 0.3) is 0 Å². The smallest absolute Gasteiger partial charge is 0.0597 e. The van der Waals surface area contributed by atoms with E-state index < -0.39 is 0 Å². The van der Waals surface area contributed by atoms with Gasteiger partial charge in [-0.15, -0.1) is 0 Å². The van der Waals surface area contributed by atoms with E-state index >= 15 is 0 Å². The molecule has 8 unspecified atom stereocenters. The maximum absolute atomic E-state index is 11.0. The first-order valence-electron chi connectivity index (χ1n) is 9.33. The van der Waals surface area contributed by atoms with E-state index in [-0.39, 0.29) is 17.6 Å². The number of aliphatic hydroxyl groups is 2. The highest BCUT2D eigenvalue weighted by Crippen LogP contribution is 2.66. The molecule has 2 nitrogen and oxygen atoms in total. The average molecular weight is 292 g/mol. The van der Waals surface area contributed by atoms with Crippen molar-refractivity contribution in [3.05, 3.63) is 0 Å². The zero-order valence-electron chi connectivity index (χ0n) is 13.7. The second-order valence-electron chi connectivity index (χ2n) is 9.19. The lowest BCUT2D eigenvalue weighted by atomic mass is 9.44. The Morgan fingerprint density at radius 1 is 0.857 bits per heavy atom. The summed E-state index contributed by atoms with van der Waals surface area (Å²) in [6, 6.07) is 0. The van der Waals surface area contributed by atoms with Gasteiger partial charge in [0.15, 0.2) is 0 Å². The highest BCUT2D eigenvalue weighted by atomic mass is 16.3. The SMILES string of the molecule is CC12CC(O)C3C(CCC4CCCCC43C)C1CCC2O. The molecule has 0 aromatic carbocycles. The Balaban J connectivity index is 1.70. The molecule has 0 aliphatic heterocycles.